The highest BCUT2D eigenvalue weighted by Crippen LogP contribution is 2.32. The van der Waals surface area contributed by atoms with Crippen molar-refractivity contribution in [3.05, 3.63) is 60.2 Å². The summed E-state index contributed by atoms with van der Waals surface area (Å²) in [6.07, 6.45) is 14.8. The first-order valence-corrected chi connectivity index (χ1v) is 9.91. The van der Waals surface area contributed by atoms with E-state index in [1.54, 1.807) is 0 Å². The number of rotatable bonds is 6. The molecule has 1 N–H and O–H groups in total. The zero-order valence-corrected chi connectivity index (χ0v) is 15.4. The number of likely N-dealkylation sites (tertiary alicyclic amines) is 1. The van der Waals surface area contributed by atoms with Crippen LogP contribution in [0.3, 0.4) is 0 Å². The molecule has 0 spiro atoms. The lowest BCUT2D eigenvalue weighted by atomic mass is 9.84. The summed E-state index contributed by atoms with van der Waals surface area (Å²) in [4.78, 5) is 2.50. The van der Waals surface area contributed by atoms with Crippen LogP contribution in [0.1, 0.15) is 31.2 Å². The van der Waals surface area contributed by atoms with Crippen molar-refractivity contribution in [2.45, 2.75) is 37.3 Å². The maximum absolute atomic E-state index is 10.9. The van der Waals surface area contributed by atoms with Gasteiger partial charge in [-0.15, -0.1) is 0 Å². The quantitative estimate of drug-likeness (QED) is 0.800. The summed E-state index contributed by atoms with van der Waals surface area (Å²) in [6.45, 7) is 4.10. The lowest BCUT2D eigenvalue weighted by Gasteiger charge is -2.38. The lowest BCUT2D eigenvalue weighted by Crippen LogP contribution is -2.43. The Balaban J connectivity index is 1.17. The van der Waals surface area contributed by atoms with Gasteiger partial charge in [-0.25, -0.2) is 0 Å². The molecule has 26 heavy (non-hydrogen) atoms. The molecule has 2 unspecified atom stereocenters. The minimum Gasteiger partial charge on any atom is -0.385 e. The highest BCUT2D eigenvalue weighted by Gasteiger charge is 2.33. The first-order chi connectivity index (χ1) is 12.7. The molecule has 1 saturated heterocycles. The Hall–Kier alpha value is -1.91. The van der Waals surface area contributed by atoms with Gasteiger partial charge in [0.25, 0.3) is 0 Å². The number of nitrogens with zero attached hydrogens (tertiary/aromatic N) is 3. The molecule has 3 aliphatic rings. The van der Waals surface area contributed by atoms with E-state index in [0.29, 0.717) is 12.0 Å². The van der Waals surface area contributed by atoms with Crippen LogP contribution in [0.2, 0.25) is 0 Å². The minimum atomic E-state index is -0.641. The maximum Gasteiger partial charge on any atom is 0.0920 e. The predicted octanol–water partition coefficient (Wildman–Crippen LogP) is 3.16. The van der Waals surface area contributed by atoms with Crippen molar-refractivity contribution in [2.24, 2.45) is 11.0 Å². The summed E-state index contributed by atoms with van der Waals surface area (Å²) >= 11 is 0. The molecule has 1 aromatic rings. The van der Waals surface area contributed by atoms with Gasteiger partial charge in [-0.1, -0.05) is 54.6 Å². The lowest BCUT2D eigenvalue weighted by molar-refractivity contribution is -0.0261. The van der Waals surface area contributed by atoms with Crippen LogP contribution in [0.4, 0.5) is 0 Å². The Morgan fingerprint density at radius 2 is 1.73 bits per heavy atom. The van der Waals surface area contributed by atoms with Crippen LogP contribution in [-0.2, 0) is 5.60 Å². The van der Waals surface area contributed by atoms with Crippen molar-refractivity contribution in [3.8, 4) is 0 Å². The average molecular weight is 351 g/mol. The fourth-order valence-electron chi connectivity index (χ4n) is 4.29. The molecule has 2 heterocycles. The number of benzene rings is 1. The van der Waals surface area contributed by atoms with E-state index in [2.05, 4.69) is 45.5 Å². The number of allylic oxidation sites excluding steroid dienone is 2. The SMILES string of the molecule is OC1(c2ccccc2)CCN(CCCCN2N=CC3C=CC=CC32)CC1. The van der Waals surface area contributed by atoms with Gasteiger partial charge in [0.15, 0.2) is 0 Å². The molecule has 0 bridgehead atoms. The molecular formula is C22H29N3O. The number of unbranched alkanes of at least 4 members (excludes halogenated alkanes) is 1. The number of piperidine rings is 1. The van der Waals surface area contributed by atoms with E-state index in [-0.39, 0.29) is 0 Å². The Kier molecular flexibility index (Phi) is 5.23. The third-order valence-corrected chi connectivity index (χ3v) is 5.98. The van der Waals surface area contributed by atoms with Gasteiger partial charge in [-0.2, -0.15) is 5.10 Å². The van der Waals surface area contributed by atoms with Gasteiger partial charge < -0.3 is 10.0 Å². The highest BCUT2D eigenvalue weighted by atomic mass is 16.3. The van der Waals surface area contributed by atoms with Crippen LogP contribution in [0.25, 0.3) is 0 Å². The zero-order valence-electron chi connectivity index (χ0n) is 15.4. The van der Waals surface area contributed by atoms with E-state index in [9.17, 15) is 5.11 Å². The minimum absolute atomic E-state index is 0.427. The van der Waals surface area contributed by atoms with Crippen LogP contribution < -0.4 is 0 Å². The molecule has 2 aliphatic heterocycles. The summed E-state index contributed by atoms with van der Waals surface area (Å²) in [5.41, 5.74) is 0.424. The second kappa shape index (κ2) is 7.77. The molecule has 4 nitrogen and oxygen atoms in total. The molecule has 1 fully saturated rings. The molecule has 0 radical (unpaired) electrons. The predicted molar refractivity (Wildman–Crippen MR) is 106 cm³/mol. The molecule has 2 atom stereocenters. The van der Waals surface area contributed by atoms with E-state index < -0.39 is 5.60 Å². The molecular weight excluding hydrogens is 322 g/mol. The van der Waals surface area contributed by atoms with Gasteiger partial charge in [-0.3, -0.25) is 5.01 Å². The largest absolute Gasteiger partial charge is 0.385 e. The van der Waals surface area contributed by atoms with Gasteiger partial charge in [0.1, 0.15) is 0 Å². The van der Waals surface area contributed by atoms with Crippen LogP contribution >= 0.6 is 0 Å². The molecule has 138 valence electrons. The third kappa shape index (κ3) is 3.76. The van der Waals surface area contributed by atoms with Gasteiger partial charge in [-0.05, 0) is 37.8 Å². The molecule has 1 aromatic carbocycles. The maximum atomic E-state index is 10.9. The topological polar surface area (TPSA) is 39.1 Å². The monoisotopic (exact) mass is 351 g/mol. The molecule has 0 aromatic heterocycles. The molecule has 1 aliphatic carbocycles. The smallest absolute Gasteiger partial charge is 0.0920 e. The van der Waals surface area contributed by atoms with Crippen molar-refractivity contribution >= 4 is 6.21 Å². The average Bonchev–Trinajstić information content (AvgIpc) is 3.11. The van der Waals surface area contributed by atoms with E-state index in [4.69, 9.17) is 0 Å². The van der Waals surface area contributed by atoms with Gasteiger partial charge in [0.2, 0.25) is 0 Å². The Labute approximate surface area is 156 Å². The second-order valence-corrected chi connectivity index (χ2v) is 7.71. The second-order valence-electron chi connectivity index (χ2n) is 7.71. The van der Waals surface area contributed by atoms with Crippen molar-refractivity contribution in [2.75, 3.05) is 26.2 Å². The van der Waals surface area contributed by atoms with Crippen molar-refractivity contribution in [1.82, 2.24) is 9.91 Å². The number of fused-ring (bicyclic) bond motifs is 1. The number of hydrogen-bond donors (Lipinski definition) is 1. The molecule has 0 saturated carbocycles. The number of aliphatic hydroxyl groups is 1. The molecule has 4 rings (SSSR count). The van der Waals surface area contributed by atoms with Crippen molar-refractivity contribution in [3.63, 3.8) is 0 Å². The van der Waals surface area contributed by atoms with Crippen molar-refractivity contribution in [1.29, 1.82) is 0 Å². The Bertz CT molecular complexity index is 674. The number of hydrazone groups is 1. The molecule has 4 heteroatoms. The fraction of sp³-hybridized carbons (Fsp3) is 0.500. The number of hydrogen-bond acceptors (Lipinski definition) is 4. The van der Waals surface area contributed by atoms with E-state index in [1.807, 2.05) is 30.3 Å². The first-order valence-electron chi connectivity index (χ1n) is 9.91. The van der Waals surface area contributed by atoms with Crippen LogP contribution in [0, 0.1) is 5.92 Å². The van der Waals surface area contributed by atoms with E-state index in [1.165, 1.54) is 6.42 Å². The summed E-state index contributed by atoms with van der Waals surface area (Å²) in [6, 6.07) is 10.6. The van der Waals surface area contributed by atoms with Crippen molar-refractivity contribution < 1.29 is 5.11 Å². The summed E-state index contributed by atoms with van der Waals surface area (Å²) in [5.74, 6) is 0.456. The first kappa shape index (κ1) is 17.5. The summed E-state index contributed by atoms with van der Waals surface area (Å²) in [7, 11) is 0. The summed E-state index contributed by atoms with van der Waals surface area (Å²) < 4.78 is 0. The van der Waals surface area contributed by atoms with Crippen LogP contribution in [0.15, 0.2) is 59.7 Å². The molecule has 0 amide bonds. The standard InChI is InChI=1S/C22H29N3O/c26-22(20-9-2-1-3-10-20)12-16-24(17-13-22)14-6-7-15-25-21-11-5-4-8-19(21)18-23-25/h1-5,8-11,18-19,21,26H,6-7,12-17H2. The Morgan fingerprint density at radius 1 is 1.00 bits per heavy atom. The van der Waals surface area contributed by atoms with Gasteiger partial charge >= 0.3 is 0 Å². The fourth-order valence-corrected chi connectivity index (χ4v) is 4.29. The Morgan fingerprint density at radius 3 is 2.54 bits per heavy atom. The van der Waals surface area contributed by atoms with E-state index in [0.717, 1.165) is 51.0 Å². The normalized spacial score (nSPS) is 27.0. The van der Waals surface area contributed by atoms with Crippen LogP contribution in [0.5, 0.6) is 0 Å². The zero-order chi connectivity index (χ0) is 17.8. The van der Waals surface area contributed by atoms with Crippen LogP contribution in [-0.4, -0.2) is 53.5 Å². The highest BCUT2D eigenvalue weighted by molar-refractivity contribution is 5.67. The van der Waals surface area contributed by atoms with Gasteiger partial charge in [0, 0.05) is 31.8 Å². The van der Waals surface area contributed by atoms with Gasteiger partial charge in [0.05, 0.1) is 11.6 Å². The third-order valence-electron chi connectivity index (χ3n) is 5.98. The summed E-state index contributed by atoms with van der Waals surface area (Å²) in [5, 5.41) is 17.7. The van der Waals surface area contributed by atoms with E-state index >= 15 is 0 Å².